The summed E-state index contributed by atoms with van der Waals surface area (Å²) in [6.45, 7) is 7.40. The van der Waals surface area contributed by atoms with Crippen LogP contribution in [0, 0.1) is 5.92 Å². The average Bonchev–Trinajstić information content (AvgIpc) is 2.64. The lowest BCUT2D eigenvalue weighted by Gasteiger charge is -2.27. The van der Waals surface area contributed by atoms with Crippen molar-refractivity contribution >= 4 is 5.78 Å². The van der Waals surface area contributed by atoms with Crippen molar-refractivity contribution in [2.24, 2.45) is 5.92 Å². The minimum atomic E-state index is -0.296. The van der Waals surface area contributed by atoms with Gasteiger partial charge in [-0.05, 0) is 32.2 Å². The SMILES string of the molecule is CC[C@H](C)[C@@H](O)CN1CCC[C@H]1C(C)=O. The fourth-order valence-electron chi connectivity index (χ4n) is 2.20. The first-order valence-electron chi connectivity index (χ1n) is 5.98. The van der Waals surface area contributed by atoms with Crippen LogP contribution in [-0.2, 0) is 4.79 Å². The van der Waals surface area contributed by atoms with Crippen LogP contribution in [0.2, 0.25) is 0 Å². The highest BCUT2D eigenvalue weighted by Gasteiger charge is 2.30. The van der Waals surface area contributed by atoms with E-state index in [-0.39, 0.29) is 17.9 Å². The molecular formula is C12H23NO2. The van der Waals surface area contributed by atoms with Crippen molar-refractivity contribution in [3.8, 4) is 0 Å². The fraction of sp³-hybridized carbons (Fsp3) is 0.917. The zero-order chi connectivity index (χ0) is 11.4. The summed E-state index contributed by atoms with van der Waals surface area (Å²) in [7, 11) is 0. The van der Waals surface area contributed by atoms with Gasteiger partial charge in [0.05, 0.1) is 12.1 Å². The average molecular weight is 213 g/mol. The van der Waals surface area contributed by atoms with E-state index in [1.54, 1.807) is 6.92 Å². The van der Waals surface area contributed by atoms with E-state index in [0.29, 0.717) is 12.5 Å². The highest BCUT2D eigenvalue weighted by molar-refractivity contribution is 5.81. The molecule has 3 heteroatoms. The maximum absolute atomic E-state index is 11.4. The number of aliphatic hydroxyl groups excluding tert-OH is 1. The first-order valence-corrected chi connectivity index (χ1v) is 5.98. The standard InChI is InChI=1S/C12H23NO2/c1-4-9(2)12(15)8-13-7-5-6-11(13)10(3)14/h9,11-12,15H,4-8H2,1-3H3/t9-,11-,12-/m0/s1. The highest BCUT2D eigenvalue weighted by atomic mass is 16.3. The minimum absolute atomic E-state index is 0.0590. The van der Waals surface area contributed by atoms with E-state index < -0.39 is 0 Å². The van der Waals surface area contributed by atoms with Crippen LogP contribution < -0.4 is 0 Å². The lowest BCUT2D eigenvalue weighted by atomic mass is 10.0. The van der Waals surface area contributed by atoms with Gasteiger partial charge in [0.25, 0.3) is 0 Å². The van der Waals surface area contributed by atoms with Crippen LogP contribution in [0.3, 0.4) is 0 Å². The lowest BCUT2D eigenvalue weighted by Crippen LogP contribution is -2.41. The summed E-state index contributed by atoms with van der Waals surface area (Å²) >= 11 is 0. The monoisotopic (exact) mass is 213 g/mol. The van der Waals surface area contributed by atoms with Crippen LogP contribution in [0.5, 0.6) is 0 Å². The molecule has 0 unspecified atom stereocenters. The number of carbonyl (C=O) groups excluding carboxylic acids is 1. The second-order valence-corrected chi connectivity index (χ2v) is 4.72. The Labute approximate surface area is 92.5 Å². The molecule has 1 fully saturated rings. The molecule has 1 N–H and O–H groups in total. The topological polar surface area (TPSA) is 40.5 Å². The molecule has 1 aliphatic rings. The van der Waals surface area contributed by atoms with Crippen molar-refractivity contribution in [1.82, 2.24) is 4.90 Å². The smallest absolute Gasteiger partial charge is 0.146 e. The van der Waals surface area contributed by atoms with Gasteiger partial charge in [-0.2, -0.15) is 0 Å². The first kappa shape index (κ1) is 12.7. The van der Waals surface area contributed by atoms with E-state index in [0.717, 1.165) is 25.8 Å². The van der Waals surface area contributed by atoms with Gasteiger partial charge in [-0.1, -0.05) is 20.3 Å². The molecule has 3 atom stereocenters. The third-order valence-corrected chi connectivity index (χ3v) is 3.56. The summed E-state index contributed by atoms with van der Waals surface area (Å²) in [4.78, 5) is 13.5. The summed E-state index contributed by atoms with van der Waals surface area (Å²) in [5.41, 5.74) is 0. The molecule has 0 aliphatic carbocycles. The highest BCUT2D eigenvalue weighted by Crippen LogP contribution is 2.20. The van der Waals surface area contributed by atoms with Gasteiger partial charge in [0.1, 0.15) is 5.78 Å². The maximum Gasteiger partial charge on any atom is 0.146 e. The third-order valence-electron chi connectivity index (χ3n) is 3.56. The zero-order valence-corrected chi connectivity index (χ0v) is 10.1. The van der Waals surface area contributed by atoms with Gasteiger partial charge in [0.2, 0.25) is 0 Å². The summed E-state index contributed by atoms with van der Waals surface area (Å²) in [5, 5.41) is 9.92. The van der Waals surface area contributed by atoms with Gasteiger partial charge in [0.15, 0.2) is 0 Å². The molecule has 15 heavy (non-hydrogen) atoms. The quantitative estimate of drug-likeness (QED) is 0.751. The molecule has 0 saturated carbocycles. The number of nitrogens with zero attached hydrogens (tertiary/aromatic N) is 1. The summed E-state index contributed by atoms with van der Waals surface area (Å²) < 4.78 is 0. The zero-order valence-electron chi connectivity index (χ0n) is 10.1. The van der Waals surface area contributed by atoms with Gasteiger partial charge in [-0.25, -0.2) is 0 Å². The maximum atomic E-state index is 11.4. The summed E-state index contributed by atoms with van der Waals surface area (Å²) in [6.07, 6.45) is 2.73. The Kier molecular flexibility index (Phi) is 4.74. The Balaban J connectivity index is 2.46. The predicted octanol–water partition coefficient (Wildman–Crippen LogP) is 1.45. The number of aliphatic hydroxyl groups is 1. The summed E-state index contributed by atoms with van der Waals surface area (Å²) in [6, 6.07) is 0.0590. The molecule has 0 aromatic rings. The van der Waals surface area contributed by atoms with Gasteiger partial charge in [-0.15, -0.1) is 0 Å². The van der Waals surface area contributed by atoms with E-state index in [9.17, 15) is 9.90 Å². The molecule has 0 bridgehead atoms. The van der Waals surface area contributed by atoms with Gasteiger partial charge in [-0.3, -0.25) is 9.69 Å². The fourth-order valence-corrected chi connectivity index (χ4v) is 2.20. The van der Waals surface area contributed by atoms with Crippen LogP contribution in [0.15, 0.2) is 0 Å². The molecule has 1 rings (SSSR count). The molecule has 1 saturated heterocycles. The van der Waals surface area contributed by atoms with Crippen molar-refractivity contribution in [3.05, 3.63) is 0 Å². The Bertz CT molecular complexity index is 218. The number of hydrogen-bond donors (Lipinski definition) is 1. The van der Waals surface area contributed by atoms with E-state index in [1.807, 2.05) is 0 Å². The Morgan fingerprint density at radius 2 is 2.27 bits per heavy atom. The minimum Gasteiger partial charge on any atom is -0.392 e. The van der Waals surface area contributed by atoms with E-state index >= 15 is 0 Å². The molecule has 3 nitrogen and oxygen atoms in total. The number of hydrogen-bond acceptors (Lipinski definition) is 3. The second kappa shape index (κ2) is 5.61. The normalized spacial score (nSPS) is 26.5. The molecule has 1 heterocycles. The Morgan fingerprint density at radius 3 is 2.80 bits per heavy atom. The van der Waals surface area contributed by atoms with Crippen LogP contribution in [0.1, 0.15) is 40.0 Å². The number of carbonyl (C=O) groups is 1. The van der Waals surface area contributed by atoms with Crippen molar-refractivity contribution < 1.29 is 9.90 Å². The van der Waals surface area contributed by atoms with Crippen molar-refractivity contribution in [2.75, 3.05) is 13.1 Å². The molecule has 0 aromatic heterocycles. The molecule has 0 radical (unpaired) electrons. The third kappa shape index (κ3) is 3.28. The lowest BCUT2D eigenvalue weighted by molar-refractivity contribution is -0.121. The second-order valence-electron chi connectivity index (χ2n) is 4.72. The van der Waals surface area contributed by atoms with Crippen molar-refractivity contribution in [1.29, 1.82) is 0 Å². The van der Waals surface area contributed by atoms with Crippen LogP contribution in [0.4, 0.5) is 0 Å². The number of likely N-dealkylation sites (tertiary alicyclic amines) is 1. The largest absolute Gasteiger partial charge is 0.392 e. The van der Waals surface area contributed by atoms with Crippen LogP contribution in [0.25, 0.3) is 0 Å². The molecule has 1 aliphatic heterocycles. The first-order chi connectivity index (χ1) is 7.06. The molecule has 0 spiro atoms. The number of ketones is 1. The Hall–Kier alpha value is -0.410. The van der Waals surface area contributed by atoms with Gasteiger partial charge in [0, 0.05) is 6.54 Å². The summed E-state index contributed by atoms with van der Waals surface area (Å²) in [5.74, 6) is 0.557. The van der Waals surface area contributed by atoms with Crippen LogP contribution in [-0.4, -0.2) is 41.0 Å². The molecule has 0 aromatic carbocycles. The number of rotatable bonds is 5. The van der Waals surface area contributed by atoms with E-state index in [4.69, 9.17) is 0 Å². The van der Waals surface area contributed by atoms with Gasteiger partial charge < -0.3 is 5.11 Å². The van der Waals surface area contributed by atoms with E-state index in [1.165, 1.54) is 0 Å². The van der Waals surface area contributed by atoms with Crippen molar-refractivity contribution in [3.63, 3.8) is 0 Å². The number of Topliss-reactive ketones (excluding diaryl/α,β-unsaturated/α-hetero) is 1. The molecule has 88 valence electrons. The predicted molar refractivity (Wildman–Crippen MR) is 60.7 cm³/mol. The van der Waals surface area contributed by atoms with Crippen LogP contribution >= 0.6 is 0 Å². The van der Waals surface area contributed by atoms with E-state index in [2.05, 4.69) is 18.7 Å². The Morgan fingerprint density at radius 1 is 1.60 bits per heavy atom. The molecule has 0 amide bonds. The number of β-amino-alcohol motifs (C(OH)–C–C–N with tert-alkyl or cyclic N) is 1. The van der Waals surface area contributed by atoms with Crippen molar-refractivity contribution in [2.45, 2.75) is 52.2 Å². The van der Waals surface area contributed by atoms with Gasteiger partial charge >= 0.3 is 0 Å². The molecular weight excluding hydrogens is 190 g/mol.